The van der Waals surface area contributed by atoms with Crippen LogP contribution in [0.25, 0.3) is 22.2 Å². The number of carbonyl (C=O) groups excluding carboxylic acids is 1. The molecule has 1 aliphatic heterocycles. The number of hydrogen-bond acceptors (Lipinski definition) is 3. The van der Waals surface area contributed by atoms with Gasteiger partial charge in [-0.2, -0.15) is 0 Å². The lowest BCUT2D eigenvalue weighted by Crippen LogP contribution is -2.46. The Morgan fingerprint density at radius 3 is 2.48 bits per heavy atom. The van der Waals surface area contributed by atoms with E-state index in [1.165, 1.54) is 12.1 Å². The summed E-state index contributed by atoms with van der Waals surface area (Å²) in [6.45, 7) is 4.66. The van der Waals surface area contributed by atoms with Crippen molar-refractivity contribution in [3.05, 3.63) is 66.0 Å². The molecule has 166 valence electrons. The fraction of sp³-hybridized carbons (Fsp3) is 0.333. The van der Waals surface area contributed by atoms with Gasteiger partial charge in [-0.1, -0.05) is 37.3 Å². The van der Waals surface area contributed by atoms with Gasteiger partial charge in [-0.15, -0.1) is 24.8 Å². The first-order chi connectivity index (χ1) is 14.2. The molecule has 0 saturated carbocycles. The highest BCUT2D eigenvalue weighted by Crippen LogP contribution is 2.28. The third-order valence-corrected chi connectivity index (χ3v) is 5.55. The van der Waals surface area contributed by atoms with Crippen molar-refractivity contribution in [3.8, 4) is 11.3 Å². The molecule has 1 saturated heterocycles. The van der Waals surface area contributed by atoms with Crippen LogP contribution in [0.1, 0.15) is 36.5 Å². The Hall–Kier alpha value is -2.21. The first kappa shape index (κ1) is 25.1. The maximum atomic E-state index is 13.9. The van der Waals surface area contributed by atoms with Gasteiger partial charge in [-0.3, -0.25) is 4.79 Å². The number of nitrogens with zero attached hydrogens (tertiary/aromatic N) is 2. The van der Waals surface area contributed by atoms with Gasteiger partial charge < -0.3 is 10.2 Å². The number of piperidine rings is 1. The van der Waals surface area contributed by atoms with Gasteiger partial charge in [0, 0.05) is 29.6 Å². The molecule has 1 N–H and O–H groups in total. The van der Waals surface area contributed by atoms with E-state index in [0.29, 0.717) is 22.2 Å². The van der Waals surface area contributed by atoms with Gasteiger partial charge in [0.1, 0.15) is 5.82 Å². The van der Waals surface area contributed by atoms with Gasteiger partial charge in [0.05, 0.1) is 16.8 Å². The van der Waals surface area contributed by atoms with Gasteiger partial charge in [-0.25, -0.2) is 9.37 Å². The van der Waals surface area contributed by atoms with Crippen LogP contribution in [0.3, 0.4) is 0 Å². The number of hydrogen-bond donors (Lipinski definition) is 1. The lowest BCUT2D eigenvalue weighted by atomic mass is 9.99. The van der Waals surface area contributed by atoms with Gasteiger partial charge >= 0.3 is 0 Å². The van der Waals surface area contributed by atoms with Crippen LogP contribution in [0.5, 0.6) is 0 Å². The number of fused-ring (bicyclic) bond motifs is 1. The first-order valence-electron chi connectivity index (χ1n) is 10.3. The van der Waals surface area contributed by atoms with E-state index < -0.39 is 0 Å². The van der Waals surface area contributed by atoms with Crippen LogP contribution in [0.4, 0.5) is 4.39 Å². The summed E-state index contributed by atoms with van der Waals surface area (Å²) in [5, 5.41) is 4.07. The molecule has 1 aliphatic rings. The highest BCUT2D eigenvalue weighted by molar-refractivity contribution is 6.07. The molecule has 1 aromatic heterocycles. The van der Waals surface area contributed by atoms with Gasteiger partial charge in [0.25, 0.3) is 5.91 Å². The minimum absolute atomic E-state index is 0. The number of pyridine rings is 1. The minimum atomic E-state index is -0.350. The van der Waals surface area contributed by atoms with Crippen molar-refractivity contribution in [3.63, 3.8) is 0 Å². The Bertz CT molecular complexity index is 1010. The van der Waals surface area contributed by atoms with Gasteiger partial charge in [-0.05, 0) is 50.6 Å². The second kappa shape index (κ2) is 11.4. The summed E-state index contributed by atoms with van der Waals surface area (Å²) in [7, 11) is 0. The molecule has 0 radical (unpaired) electrons. The highest BCUT2D eigenvalue weighted by atomic mass is 35.5. The molecule has 2 aromatic carbocycles. The van der Waals surface area contributed by atoms with Crippen LogP contribution in [0.2, 0.25) is 0 Å². The SMILES string of the molecule is CCCN(C(=O)c1cc(-c2ccccc2)nc2cc(F)ccc12)C1CCNCC1.Cl.Cl. The van der Waals surface area contributed by atoms with Crippen LogP contribution < -0.4 is 5.32 Å². The highest BCUT2D eigenvalue weighted by Gasteiger charge is 2.27. The maximum Gasteiger partial charge on any atom is 0.254 e. The number of aromatic nitrogens is 1. The molecule has 3 aromatic rings. The number of amides is 1. The van der Waals surface area contributed by atoms with E-state index in [2.05, 4.69) is 17.2 Å². The third kappa shape index (κ3) is 5.53. The third-order valence-electron chi connectivity index (χ3n) is 5.55. The molecule has 2 heterocycles. The van der Waals surface area contributed by atoms with Crippen LogP contribution in [0, 0.1) is 5.82 Å². The molecule has 0 spiro atoms. The zero-order chi connectivity index (χ0) is 20.2. The Labute approximate surface area is 195 Å². The molecule has 7 heteroatoms. The van der Waals surface area contributed by atoms with Crippen molar-refractivity contribution >= 4 is 41.6 Å². The van der Waals surface area contributed by atoms with Crippen molar-refractivity contribution in [2.45, 2.75) is 32.2 Å². The van der Waals surface area contributed by atoms with Crippen molar-refractivity contribution in [2.75, 3.05) is 19.6 Å². The zero-order valence-corrected chi connectivity index (χ0v) is 19.1. The second-order valence-electron chi connectivity index (χ2n) is 7.56. The molecule has 31 heavy (non-hydrogen) atoms. The number of benzene rings is 2. The van der Waals surface area contributed by atoms with Crippen LogP contribution in [0.15, 0.2) is 54.6 Å². The van der Waals surface area contributed by atoms with E-state index in [-0.39, 0.29) is 42.6 Å². The number of nitrogens with one attached hydrogen (secondary N) is 1. The zero-order valence-electron chi connectivity index (χ0n) is 17.5. The normalized spacial score (nSPS) is 13.9. The fourth-order valence-corrected chi connectivity index (χ4v) is 4.10. The Morgan fingerprint density at radius 1 is 1.10 bits per heavy atom. The van der Waals surface area contributed by atoms with Gasteiger partial charge in [0.15, 0.2) is 0 Å². The summed E-state index contributed by atoms with van der Waals surface area (Å²) in [5.74, 6) is -0.340. The first-order valence-corrected chi connectivity index (χ1v) is 10.3. The molecular formula is C24H28Cl2FN3O. The van der Waals surface area contributed by atoms with Crippen molar-refractivity contribution in [1.29, 1.82) is 0 Å². The van der Waals surface area contributed by atoms with E-state index in [9.17, 15) is 9.18 Å². The maximum absolute atomic E-state index is 13.9. The van der Waals surface area contributed by atoms with Crippen LogP contribution >= 0.6 is 24.8 Å². The second-order valence-corrected chi connectivity index (χ2v) is 7.56. The van der Waals surface area contributed by atoms with E-state index in [0.717, 1.165) is 44.5 Å². The molecule has 4 rings (SSSR count). The monoisotopic (exact) mass is 463 g/mol. The molecule has 0 bridgehead atoms. The Kier molecular flexibility index (Phi) is 9.23. The summed E-state index contributed by atoms with van der Waals surface area (Å²) in [6.07, 6.45) is 2.81. The van der Waals surface area contributed by atoms with Crippen molar-refractivity contribution in [1.82, 2.24) is 15.2 Å². The van der Waals surface area contributed by atoms with Crippen LogP contribution in [-0.2, 0) is 0 Å². The molecule has 1 amide bonds. The molecule has 0 atom stereocenters. The predicted molar refractivity (Wildman–Crippen MR) is 129 cm³/mol. The molecule has 0 unspecified atom stereocenters. The quantitative estimate of drug-likeness (QED) is 0.543. The summed E-state index contributed by atoms with van der Waals surface area (Å²) in [5.41, 5.74) is 2.71. The van der Waals surface area contributed by atoms with Crippen LogP contribution in [-0.4, -0.2) is 41.5 Å². The molecule has 4 nitrogen and oxygen atoms in total. The molecule has 1 fully saturated rings. The van der Waals surface area contributed by atoms with Crippen molar-refractivity contribution < 1.29 is 9.18 Å². The Morgan fingerprint density at radius 2 is 1.81 bits per heavy atom. The topological polar surface area (TPSA) is 45.2 Å². The van der Waals surface area contributed by atoms with E-state index in [1.807, 2.05) is 41.3 Å². The predicted octanol–water partition coefficient (Wildman–Crippen LogP) is 5.49. The molecule has 0 aliphatic carbocycles. The lowest BCUT2D eigenvalue weighted by molar-refractivity contribution is 0.0644. The van der Waals surface area contributed by atoms with Crippen molar-refractivity contribution in [2.24, 2.45) is 0 Å². The summed E-state index contributed by atoms with van der Waals surface area (Å²) < 4.78 is 13.9. The largest absolute Gasteiger partial charge is 0.336 e. The smallest absolute Gasteiger partial charge is 0.254 e. The summed E-state index contributed by atoms with van der Waals surface area (Å²) in [4.78, 5) is 20.4. The van der Waals surface area contributed by atoms with E-state index in [1.54, 1.807) is 6.07 Å². The number of rotatable bonds is 5. The number of halogens is 3. The van der Waals surface area contributed by atoms with E-state index in [4.69, 9.17) is 0 Å². The Balaban J connectivity index is 0.00000171. The average molecular weight is 464 g/mol. The molecular weight excluding hydrogens is 436 g/mol. The average Bonchev–Trinajstić information content (AvgIpc) is 2.77. The summed E-state index contributed by atoms with van der Waals surface area (Å²) >= 11 is 0. The minimum Gasteiger partial charge on any atom is -0.336 e. The fourth-order valence-electron chi connectivity index (χ4n) is 4.10. The standard InChI is InChI=1S/C24H26FN3O.2ClH/c1-2-14-28(19-10-12-26-13-11-19)24(29)21-16-22(17-6-4-3-5-7-17)27-23-15-18(25)8-9-20(21)23;;/h3-9,15-16,19,26H,2,10-14H2,1H3;2*1H. The number of carbonyl (C=O) groups is 1. The van der Waals surface area contributed by atoms with Gasteiger partial charge in [0.2, 0.25) is 0 Å². The lowest BCUT2D eigenvalue weighted by Gasteiger charge is -2.35. The summed E-state index contributed by atoms with van der Waals surface area (Å²) in [6, 6.07) is 16.3. The van der Waals surface area contributed by atoms with E-state index >= 15 is 0 Å².